The Hall–Kier alpha value is -1.03. The number of aromatic nitrogens is 2. The summed E-state index contributed by atoms with van der Waals surface area (Å²) in [4.78, 5) is 10.4. The molecule has 0 aliphatic rings. The summed E-state index contributed by atoms with van der Waals surface area (Å²) in [5, 5.41) is 6.16. The average Bonchev–Trinajstić information content (AvgIpc) is 2.34. The lowest BCUT2D eigenvalue weighted by molar-refractivity contribution is 0.0995. The van der Waals surface area contributed by atoms with Gasteiger partial charge in [-0.2, -0.15) is 5.10 Å². The fourth-order valence-corrected chi connectivity index (χ4v) is 0.693. The number of nitrogens with one attached hydrogen (secondary N) is 1. The highest BCUT2D eigenvalue weighted by Crippen LogP contribution is 2.00. The van der Waals surface area contributed by atoms with Gasteiger partial charge in [0.1, 0.15) is 5.69 Å². The topological polar surface area (TPSA) is 71.8 Å². The SMILES string of the molecule is NC(=O)c1cc(CCl)[nH]n1. The molecule has 10 heavy (non-hydrogen) atoms. The highest BCUT2D eigenvalue weighted by molar-refractivity contribution is 6.16. The molecular weight excluding hydrogens is 154 g/mol. The number of rotatable bonds is 2. The molecule has 0 bridgehead atoms. The molecule has 0 aliphatic heterocycles. The van der Waals surface area contributed by atoms with Gasteiger partial charge in [-0.05, 0) is 6.07 Å². The zero-order valence-corrected chi connectivity index (χ0v) is 5.85. The molecule has 0 aromatic carbocycles. The van der Waals surface area contributed by atoms with Gasteiger partial charge < -0.3 is 5.73 Å². The molecule has 1 rings (SSSR count). The van der Waals surface area contributed by atoms with Gasteiger partial charge in [-0.15, -0.1) is 11.6 Å². The number of aromatic amines is 1. The van der Waals surface area contributed by atoms with E-state index in [9.17, 15) is 4.79 Å². The molecule has 4 nitrogen and oxygen atoms in total. The second-order valence-corrected chi connectivity index (χ2v) is 2.04. The van der Waals surface area contributed by atoms with Crippen LogP contribution in [-0.2, 0) is 5.88 Å². The van der Waals surface area contributed by atoms with Crippen LogP contribution in [0.25, 0.3) is 0 Å². The third-order valence-corrected chi connectivity index (χ3v) is 1.32. The van der Waals surface area contributed by atoms with Gasteiger partial charge in [-0.3, -0.25) is 9.89 Å². The molecule has 0 saturated heterocycles. The Morgan fingerprint density at radius 1 is 1.90 bits per heavy atom. The number of carbonyl (C=O) groups is 1. The van der Waals surface area contributed by atoms with E-state index in [1.54, 1.807) is 0 Å². The van der Waals surface area contributed by atoms with Crippen LogP contribution in [0.15, 0.2) is 6.07 Å². The van der Waals surface area contributed by atoms with E-state index in [0.717, 1.165) is 0 Å². The normalized spacial score (nSPS) is 9.70. The van der Waals surface area contributed by atoms with Crippen LogP contribution < -0.4 is 5.73 Å². The van der Waals surface area contributed by atoms with E-state index >= 15 is 0 Å². The lowest BCUT2D eigenvalue weighted by Crippen LogP contribution is -2.10. The monoisotopic (exact) mass is 159 g/mol. The van der Waals surface area contributed by atoms with Crippen LogP contribution in [0, 0.1) is 0 Å². The smallest absolute Gasteiger partial charge is 0.269 e. The van der Waals surface area contributed by atoms with Crippen molar-refractivity contribution in [1.29, 1.82) is 0 Å². The summed E-state index contributed by atoms with van der Waals surface area (Å²) in [7, 11) is 0. The zero-order valence-electron chi connectivity index (χ0n) is 5.10. The van der Waals surface area contributed by atoms with Crippen molar-refractivity contribution >= 4 is 17.5 Å². The highest BCUT2D eigenvalue weighted by atomic mass is 35.5. The number of nitrogens with zero attached hydrogens (tertiary/aromatic N) is 1. The summed E-state index contributed by atoms with van der Waals surface area (Å²) < 4.78 is 0. The Bertz CT molecular complexity index is 245. The molecule has 0 aliphatic carbocycles. The van der Waals surface area contributed by atoms with E-state index in [-0.39, 0.29) is 5.69 Å². The van der Waals surface area contributed by atoms with Crippen LogP contribution in [0.3, 0.4) is 0 Å². The van der Waals surface area contributed by atoms with E-state index < -0.39 is 5.91 Å². The number of carbonyl (C=O) groups excluding carboxylic acids is 1. The molecule has 5 heteroatoms. The lowest BCUT2D eigenvalue weighted by Gasteiger charge is -1.80. The van der Waals surface area contributed by atoms with Gasteiger partial charge in [0.15, 0.2) is 0 Å². The maximum Gasteiger partial charge on any atom is 0.269 e. The predicted molar refractivity (Wildman–Crippen MR) is 36.7 cm³/mol. The zero-order chi connectivity index (χ0) is 7.56. The second-order valence-electron chi connectivity index (χ2n) is 1.78. The number of alkyl halides is 1. The number of halogens is 1. The molecular formula is C5H6ClN3O. The van der Waals surface area contributed by atoms with Crippen molar-refractivity contribution in [2.24, 2.45) is 5.73 Å². The molecule has 0 spiro atoms. The molecule has 0 unspecified atom stereocenters. The van der Waals surface area contributed by atoms with Crippen molar-refractivity contribution in [2.45, 2.75) is 5.88 Å². The van der Waals surface area contributed by atoms with Crippen molar-refractivity contribution < 1.29 is 4.79 Å². The summed E-state index contributed by atoms with van der Waals surface area (Å²) in [6, 6.07) is 1.52. The molecule has 1 aromatic rings. The average molecular weight is 160 g/mol. The lowest BCUT2D eigenvalue weighted by atomic mass is 10.4. The first-order valence-corrected chi connectivity index (χ1v) is 3.17. The van der Waals surface area contributed by atoms with Crippen molar-refractivity contribution in [3.05, 3.63) is 17.5 Å². The summed E-state index contributed by atoms with van der Waals surface area (Å²) in [6.07, 6.45) is 0. The molecule has 0 atom stereocenters. The van der Waals surface area contributed by atoms with Gasteiger partial charge in [0.05, 0.1) is 11.6 Å². The number of hydrogen-bond acceptors (Lipinski definition) is 2. The van der Waals surface area contributed by atoms with E-state index in [2.05, 4.69) is 10.2 Å². The minimum atomic E-state index is -0.549. The molecule has 3 N–H and O–H groups in total. The van der Waals surface area contributed by atoms with Gasteiger partial charge in [-0.25, -0.2) is 0 Å². The number of nitrogens with two attached hydrogens (primary N) is 1. The van der Waals surface area contributed by atoms with E-state index in [4.69, 9.17) is 17.3 Å². The Kier molecular flexibility index (Phi) is 1.91. The van der Waals surface area contributed by atoms with Crippen LogP contribution in [0.1, 0.15) is 16.2 Å². The number of hydrogen-bond donors (Lipinski definition) is 2. The molecule has 54 valence electrons. The summed E-state index contributed by atoms with van der Waals surface area (Å²) in [6.45, 7) is 0. The first-order chi connectivity index (χ1) is 4.74. The maximum absolute atomic E-state index is 10.4. The number of primary amides is 1. The van der Waals surface area contributed by atoms with Crippen LogP contribution >= 0.6 is 11.6 Å². The first-order valence-electron chi connectivity index (χ1n) is 2.64. The molecule has 0 radical (unpaired) electrons. The van der Waals surface area contributed by atoms with E-state index in [0.29, 0.717) is 11.6 Å². The van der Waals surface area contributed by atoms with Crippen molar-refractivity contribution in [3.8, 4) is 0 Å². The van der Waals surface area contributed by atoms with Crippen LogP contribution in [0.5, 0.6) is 0 Å². The van der Waals surface area contributed by atoms with Crippen LogP contribution in [-0.4, -0.2) is 16.1 Å². The summed E-state index contributed by atoms with van der Waals surface area (Å²) in [5.74, 6) is -0.243. The molecule has 1 aromatic heterocycles. The van der Waals surface area contributed by atoms with Crippen molar-refractivity contribution in [2.75, 3.05) is 0 Å². The molecule has 0 fully saturated rings. The van der Waals surface area contributed by atoms with Gasteiger partial charge in [0.25, 0.3) is 5.91 Å². The third-order valence-electron chi connectivity index (χ3n) is 1.03. The van der Waals surface area contributed by atoms with Gasteiger partial charge >= 0.3 is 0 Å². The third kappa shape index (κ3) is 1.27. The van der Waals surface area contributed by atoms with Crippen molar-refractivity contribution in [1.82, 2.24) is 10.2 Å². The summed E-state index contributed by atoms with van der Waals surface area (Å²) in [5.41, 5.74) is 5.83. The van der Waals surface area contributed by atoms with E-state index in [1.165, 1.54) is 6.07 Å². The Labute approximate surface area is 62.4 Å². The number of H-pyrrole nitrogens is 1. The van der Waals surface area contributed by atoms with Gasteiger partial charge in [0.2, 0.25) is 0 Å². The fourth-order valence-electron chi connectivity index (χ4n) is 0.556. The minimum absolute atomic E-state index is 0.218. The van der Waals surface area contributed by atoms with Crippen molar-refractivity contribution in [3.63, 3.8) is 0 Å². The van der Waals surface area contributed by atoms with Gasteiger partial charge in [0, 0.05) is 0 Å². The summed E-state index contributed by atoms with van der Waals surface area (Å²) >= 11 is 5.42. The second kappa shape index (κ2) is 2.70. The largest absolute Gasteiger partial charge is 0.364 e. The minimum Gasteiger partial charge on any atom is -0.364 e. The quantitative estimate of drug-likeness (QED) is 0.607. The van der Waals surface area contributed by atoms with Crippen LogP contribution in [0.4, 0.5) is 0 Å². The fraction of sp³-hybridized carbons (Fsp3) is 0.200. The maximum atomic E-state index is 10.4. The molecule has 1 amide bonds. The Morgan fingerprint density at radius 3 is 2.90 bits per heavy atom. The Morgan fingerprint density at radius 2 is 2.60 bits per heavy atom. The van der Waals surface area contributed by atoms with Crippen LogP contribution in [0.2, 0.25) is 0 Å². The highest BCUT2D eigenvalue weighted by Gasteiger charge is 2.03. The van der Waals surface area contributed by atoms with E-state index in [1.807, 2.05) is 0 Å². The standard InChI is InChI=1S/C5H6ClN3O/c6-2-3-1-4(5(7)10)9-8-3/h1H,2H2,(H2,7,10)(H,8,9). The Balaban J connectivity index is 2.88. The molecule has 0 saturated carbocycles. The number of amides is 1. The first kappa shape index (κ1) is 7.08. The predicted octanol–water partition coefficient (Wildman–Crippen LogP) is 0.247. The molecule has 1 heterocycles. The van der Waals surface area contributed by atoms with Gasteiger partial charge in [-0.1, -0.05) is 0 Å².